The van der Waals surface area contributed by atoms with Gasteiger partial charge < -0.3 is 16.2 Å². The summed E-state index contributed by atoms with van der Waals surface area (Å²) in [6, 6.07) is -0.981. The van der Waals surface area contributed by atoms with Crippen molar-refractivity contribution in [3.63, 3.8) is 0 Å². The van der Waals surface area contributed by atoms with Gasteiger partial charge in [-0.15, -0.1) is 0 Å². The fourth-order valence-electron chi connectivity index (χ4n) is 1.76. The molecule has 1 heterocycles. The normalized spacial score (nSPS) is 13.7. The summed E-state index contributed by atoms with van der Waals surface area (Å²) in [6.45, 7) is 3.65. The summed E-state index contributed by atoms with van der Waals surface area (Å²) in [5.41, 5.74) is 3.16. The number of hydrogen-bond acceptors (Lipinski definition) is 5. The second-order valence-corrected chi connectivity index (χ2v) is 5.13. The van der Waals surface area contributed by atoms with Crippen LogP contribution in [0.15, 0.2) is 15.8 Å². The number of carbonyl (C=O) groups is 2. The molecule has 9 nitrogen and oxygen atoms in total. The second kappa shape index (κ2) is 6.98. The van der Waals surface area contributed by atoms with Crippen molar-refractivity contribution < 1.29 is 19.1 Å². The molecule has 0 saturated carbocycles. The maximum absolute atomic E-state index is 13.2. The smallest absolute Gasteiger partial charge is 0.347 e. The average molecular weight is 316 g/mol. The minimum Gasteiger partial charge on any atom is -0.478 e. The van der Waals surface area contributed by atoms with E-state index in [1.54, 1.807) is 4.98 Å². The molecule has 0 aliphatic carbocycles. The van der Waals surface area contributed by atoms with Gasteiger partial charge in [-0.2, -0.15) is 4.39 Å². The summed E-state index contributed by atoms with van der Waals surface area (Å²) < 4.78 is 13.6. The van der Waals surface area contributed by atoms with E-state index in [0.29, 0.717) is 17.2 Å². The number of halogens is 1. The van der Waals surface area contributed by atoms with Gasteiger partial charge in [0.05, 0.1) is 12.2 Å². The lowest BCUT2D eigenvalue weighted by Gasteiger charge is -2.20. The number of aromatic amines is 1. The quantitative estimate of drug-likeness (QED) is 0.515. The highest BCUT2D eigenvalue weighted by Crippen LogP contribution is 2.05. The van der Waals surface area contributed by atoms with Crippen molar-refractivity contribution in [1.82, 2.24) is 14.9 Å². The summed E-state index contributed by atoms with van der Waals surface area (Å²) in [4.78, 5) is 47.2. The number of nitrogens with two attached hydrogens (primary N) is 1. The van der Waals surface area contributed by atoms with Crippen LogP contribution in [-0.2, 0) is 9.59 Å². The first-order valence-electron chi connectivity index (χ1n) is 6.43. The molecule has 1 rings (SSSR count). The fourth-order valence-corrected chi connectivity index (χ4v) is 1.76. The highest BCUT2D eigenvalue weighted by Gasteiger charge is 2.26. The molecule has 2 unspecified atom stereocenters. The Morgan fingerprint density at radius 3 is 2.55 bits per heavy atom. The van der Waals surface area contributed by atoms with Gasteiger partial charge in [0.15, 0.2) is 0 Å². The van der Waals surface area contributed by atoms with Crippen LogP contribution >= 0.6 is 0 Å². The molecular weight excluding hydrogens is 299 g/mol. The van der Waals surface area contributed by atoms with Crippen molar-refractivity contribution in [1.29, 1.82) is 0 Å². The van der Waals surface area contributed by atoms with Gasteiger partial charge in [-0.3, -0.25) is 19.1 Å². The van der Waals surface area contributed by atoms with Crippen molar-refractivity contribution >= 4 is 11.9 Å². The molecule has 0 spiro atoms. The maximum atomic E-state index is 13.2. The SMILES string of the molecule is CC(C)CC(N)C(=O)NC(C(=O)O)n1cc(F)c(=O)[nH]c1=O. The molecule has 0 aromatic carbocycles. The highest BCUT2D eigenvalue weighted by molar-refractivity contribution is 5.85. The molecule has 0 bridgehead atoms. The summed E-state index contributed by atoms with van der Waals surface area (Å²) >= 11 is 0. The number of rotatable bonds is 6. The molecule has 1 aromatic heterocycles. The van der Waals surface area contributed by atoms with E-state index in [2.05, 4.69) is 0 Å². The Morgan fingerprint density at radius 2 is 2.05 bits per heavy atom. The Labute approximate surface area is 123 Å². The Morgan fingerprint density at radius 1 is 1.45 bits per heavy atom. The van der Waals surface area contributed by atoms with E-state index in [9.17, 15) is 23.6 Å². The Hall–Kier alpha value is -2.49. The van der Waals surface area contributed by atoms with Crippen LogP contribution < -0.4 is 22.3 Å². The molecule has 22 heavy (non-hydrogen) atoms. The van der Waals surface area contributed by atoms with Gasteiger partial charge in [0, 0.05) is 0 Å². The topological polar surface area (TPSA) is 147 Å². The number of carboxylic acid groups (broad SMARTS) is 1. The molecule has 0 aliphatic rings. The number of amides is 1. The lowest BCUT2D eigenvalue weighted by atomic mass is 10.0. The van der Waals surface area contributed by atoms with Crippen LogP contribution in [0.2, 0.25) is 0 Å². The first-order chi connectivity index (χ1) is 10.1. The lowest BCUT2D eigenvalue weighted by Crippen LogP contribution is -2.49. The van der Waals surface area contributed by atoms with Gasteiger partial charge in [-0.05, 0) is 12.3 Å². The second-order valence-electron chi connectivity index (χ2n) is 5.13. The number of aromatic nitrogens is 2. The van der Waals surface area contributed by atoms with E-state index in [1.807, 2.05) is 19.2 Å². The van der Waals surface area contributed by atoms with Gasteiger partial charge >= 0.3 is 11.7 Å². The standard InChI is InChI=1S/C12H17FN4O5/c1-5(2)3-7(14)10(19)15-8(11(20)21)17-4-6(13)9(18)16-12(17)22/h4-5,7-8H,3,14H2,1-2H3,(H,15,19)(H,20,21)(H,16,18,22). The zero-order chi connectivity index (χ0) is 17.0. The van der Waals surface area contributed by atoms with Crippen LogP contribution in [0, 0.1) is 11.7 Å². The third-order valence-electron chi connectivity index (χ3n) is 2.78. The summed E-state index contributed by atoms with van der Waals surface area (Å²) in [7, 11) is 0. The molecule has 0 aliphatic heterocycles. The van der Waals surface area contributed by atoms with Gasteiger partial charge in [0.1, 0.15) is 0 Å². The van der Waals surface area contributed by atoms with Crippen LogP contribution in [0.5, 0.6) is 0 Å². The first kappa shape index (κ1) is 17.6. The zero-order valence-electron chi connectivity index (χ0n) is 12.0. The average Bonchev–Trinajstić information content (AvgIpc) is 2.39. The van der Waals surface area contributed by atoms with Crippen LogP contribution in [0.3, 0.4) is 0 Å². The molecule has 0 fully saturated rings. The van der Waals surface area contributed by atoms with E-state index in [1.165, 1.54) is 0 Å². The number of hydrogen-bond donors (Lipinski definition) is 4. The van der Waals surface area contributed by atoms with Crippen LogP contribution in [0.25, 0.3) is 0 Å². The van der Waals surface area contributed by atoms with Crippen molar-refractivity contribution in [2.75, 3.05) is 0 Å². The molecule has 5 N–H and O–H groups in total. The molecule has 10 heteroatoms. The summed E-state index contributed by atoms with van der Waals surface area (Å²) in [6.07, 6.45) is -1.18. The third-order valence-corrected chi connectivity index (χ3v) is 2.78. The van der Waals surface area contributed by atoms with Crippen LogP contribution in [0.1, 0.15) is 26.4 Å². The van der Waals surface area contributed by atoms with Gasteiger partial charge in [-0.25, -0.2) is 9.59 Å². The zero-order valence-corrected chi connectivity index (χ0v) is 12.0. The van der Waals surface area contributed by atoms with Crippen molar-refractivity contribution in [3.8, 4) is 0 Å². The minimum absolute atomic E-state index is 0.0947. The maximum Gasteiger partial charge on any atom is 0.347 e. The Kier molecular flexibility index (Phi) is 5.57. The number of nitrogens with one attached hydrogen (secondary N) is 2. The number of carboxylic acids is 1. The molecule has 2 atom stereocenters. The lowest BCUT2D eigenvalue weighted by molar-refractivity contribution is -0.145. The number of nitrogens with zero attached hydrogens (tertiary/aromatic N) is 1. The van der Waals surface area contributed by atoms with Gasteiger partial charge in [0.25, 0.3) is 5.56 Å². The van der Waals surface area contributed by atoms with Gasteiger partial charge in [0.2, 0.25) is 17.9 Å². The predicted molar refractivity (Wildman–Crippen MR) is 73.5 cm³/mol. The Balaban J connectivity index is 3.08. The van der Waals surface area contributed by atoms with Crippen LogP contribution in [0.4, 0.5) is 4.39 Å². The van der Waals surface area contributed by atoms with Crippen LogP contribution in [-0.4, -0.2) is 32.6 Å². The molecule has 122 valence electrons. The van der Waals surface area contributed by atoms with Crippen molar-refractivity contribution in [2.24, 2.45) is 11.7 Å². The van der Waals surface area contributed by atoms with Gasteiger partial charge in [-0.1, -0.05) is 13.8 Å². The highest BCUT2D eigenvalue weighted by atomic mass is 19.1. The largest absolute Gasteiger partial charge is 0.478 e. The molecule has 1 amide bonds. The number of aliphatic carboxylic acids is 1. The van der Waals surface area contributed by atoms with E-state index in [-0.39, 0.29) is 5.92 Å². The summed E-state index contributed by atoms with van der Waals surface area (Å²) in [5, 5.41) is 11.1. The number of carbonyl (C=O) groups excluding carboxylic acids is 1. The predicted octanol–water partition coefficient (Wildman–Crippen LogP) is -1.25. The molecule has 0 radical (unpaired) electrons. The minimum atomic E-state index is -1.88. The molecule has 1 aromatic rings. The van der Waals surface area contributed by atoms with E-state index in [0.717, 1.165) is 0 Å². The fraction of sp³-hybridized carbons (Fsp3) is 0.500. The van der Waals surface area contributed by atoms with E-state index in [4.69, 9.17) is 10.8 Å². The van der Waals surface area contributed by atoms with Crippen molar-refractivity contribution in [2.45, 2.75) is 32.5 Å². The Bertz CT molecular complexity index is 681. The monoisotopic (exact) mass is 316 g/mol. The third kappa shape index (κ3) is 4.25. The van der Waals surface area contributed by atoms with E-state index < -0.39 is 41.2 Å². The molecular formula is C12H17FN4O5. The number of H-pyrrole nitrogens is 1. The van der Waals surface area contributed by atoms with E-state index >= 15 is 0 Å². The van der Waals surface area contributed by atoms with Crippen molar-refractivity contribution in [3.05, 3.63) is 32.9 Å². The first-order valence-corrected chi connectivity index (χ1v) is 6.43. The summed E-state index contributed by atoms with van der Waals surface area (Å²) in [5.74, 6) is -3.68. The molecule has 0 saturated heterocycles.